The summed E-state index contributed by atoms with van der Waals surface area (Å²) in [6.45, 7) is 3.12. The van der Waals surface area contributed by atoms with E-state index in [0.29, 0.717) is 55.5 Å². The highest BCUT2D eigenvalue weighted by atomic mass is 16.6. The van der Waals surface area contributed by atoms with Crippen LogP contribution in [0.3, 0.4) is 0 Å². The third-order valence-electron chi connectivity index (χ3n) is 4.67. The van der Waals surface area contributed by atoms with Gasteiger partial charge in [-0.15, -0.1) is 5.10 Å². The molecule has 2 aromatic rings. The van der Waals surface area contributed by atoms with Gasteiger partial charge in [0.2, 0.25) is 0 Å². The standard InChI is InChI=1S/C17H18N4O5/c1-10-15(16(22)20-6-2-3-12(20)17(23)24)18-19-21(10)11-4-5-13-14(9-11)26-8-7-25-13/h4-5,9,12H,2-3,6-8H2,1H3,(H,23,24)/t12-/m1/s1. The molecule has 0 radical (unpaired) electrons. The van der Waals surface area contributed by atoms with Crippen LogP contribution in [0.1, 0.15) is 29.0 Å². The van der Waals surface area contributed by atoms with Crippen LogP contribution in [0.5, 0.6) is 11.5 Å². The Morgan fingerprint density at radius 1 is 1.23 bits per heavy atom. The highest BCUT2D eigenvalue weighted by Gasteiger charge is 2.36. The van der Waals surface area contributed by atoms with Crippen LogP contribution in [0.4, 0.5) is 0 Å². The molecule has 2 aliphatic heterocycles. The number of benzene rings is 1. The first-order valence-corrected chi connectivity index (χ1v) is 8.42. The van der Waals surface area contributed by atoms with Gasteiger partial charge in [0.15, 0.2) is 17.2 Å². The minimum Gasteiger partial charge on any atom is -0.486 e. The number of carbonyl (C=O) groups is 2. The molecule has 1 fully saturated rings. The molecule has 0 unspecified atom stereocenters. The van der Waals surface area contributed by atoms with Crippen LogP contribution in [-0.4, -0.2) is 62.7 Å². The zero-order valence-corrected chi connectivity index (χ0v) is 14.2. The minimum atomic E-state index is -0.993. The number of likely N-dealkylation sites (tertiary alicyclic amines) is 1. The van der Waals surface area contributed by atoms with Gasteiger partial charge in [0.05, 0.1) is 11.4 Å². The Hall–Kier alpha value is -3.10. The van der Waals surface area contributed by atoms with E-state index in [4.69, 9.17) is 9.47 Å². The van der Waals surface area contributed by atoms with Crippen molar-refractivity contribution in [2.75, 3.05) is 19.8 Å². The van der Waals surface area contributed by atoms with Crippen LogP contribution in [0, 0.1) is 6.92 Å². The molecular weight excluding hydrogens is 340 g/mol. The molecular formula is C17H18N4O5. The second-order valence-electron chi connectivity index (χ2n) is 6.26. The molecule has 9 nitrogen and oxygen atoms in total. The van der Waals surface area contributed by atoms with E-state index in [2.05, 4.69) is 10.3 Å². The highest BCUT2D eigenvalue weighted by Crippen LogP contribution is 2.32. The van der Waals surface area contributed by atoms with Gasteiger partial charge in [-0.1, -0.05) is 5.21 Å². The van der Waals surface area contributed by atoms with Gasteiger partial charge in [-0.05, 0) is 31.9 Å². The van der Waals surface area contributed by atoms with Crippen LogP contribution < -0.4 is 9.47 Å². The third-order valence-corrected chi connectivity index (χ3v) is 4.67. The fourth-order valence-corrected chi connectivity index (χ4v) is 3.34. The number of carbonyl (C=O) groups excluding carboxylic acids is 1. The summed E-state index contributed by atoms with van der Waals surface area (Å²) in [5.41, 5.74) is 1.39. The Morgan fingerprint density at radius 2 is 2.00 bits per heavy atom. The molecule has 0 spiro atoms. The molecule has 9 heteroatoms. The van der Waals surface area contributed by atoms with Crippen molar-refractivity contribution in [2.24, 2.45) is 0 Å². The van der Waals surface area contributed by atoms with Gasteiger partial charge in [0.1, 0.15) is 19.3 Å². The molecule has 1 N–H and O–H groups in total. The van der Waals surface area contributed by atoms with E-state index in [-0.39, 0.29) is 5.69 Å². The number of carboxylic acid groups (broad SMARTS) is 1. The Morgan fingerprint density at radius 3 is 2.77 bits per heavy atom. The number of fused-ring (bicyclic) bond motifs is 1. The summed E-state index contributed by atoms with van der Waals surface area (Å²) in [4.78, 5) is 25.5. The number of nitrogens with zero attached hydrogens (tertiary/aromatic N) is 4. The van der Waals surface area contributed by atoms with Crippen LogP contribution in [-0.2, 0) is 4.79 Å². The lowest BCUT2D eigenvalue weighted by atomic mass is 10.2. The quantitative estimate of drug-likeness (QED) is 0.873. The topological polar surface area (TPSA) is 107 Å². The number of hydrogen-bond acceptors (Lipinski definition) is 6. The molecule has 2 aliphatic rings. The number of hydrogen-bond donors (Lipinski definition) is 1. The van der Waals surface area contributed by atoms with E-state index < -0.39 is 17.9 Å². The lowest BCUT2D eigenvalue weighted by Crippen LogP contribution is -2.40. The first-order valence-electron chi connectivity index (χ1n) is 8.42. The minimum absolute atomic E-state index is 0.160. The van der Waals surface area contributed by atoms with Gasteiger partial charge in [-0.2, -0.15) is 0 Å². The molecule has 0 bridgehead atoms. The van der Waals surface area contributed by atoms with Crippen molar-refractivity contribution < 1.29 is 24.2 Å². The normalized spacial score (nSPS) is 18.8. The number of rotatable bonds is 3. The van der Waals surface area contributed by atoms with Gasteiger partial charge in [0.25, 0.3) is 5.91 Å². The van der Waals surface area contributed by atoms with Crippen molar-refractivity contribution in [1.29, 1.82) is 0 Å². The van der Waals surface area contributed by atoms with E-state index in [0.717, 1.165) is 0 Å². The van der Waals surface area contributed by atoms with Gasteiger partial charge < -0.3 is 19.5 Å². The summed E-state index contributed by atoms with van der Waals surface area (Å²) in [5, 5.41) is 17.4. The third kappa shape index (κ3) is 2.65. The summed E-state index contributed by atoms with van der Waals surface area (Å²) in [6.07, 6.45) is 1.12. The van der Waals surface area contributed by atoms with Crippen molar-refractivity contribution in [1.82, 2.24) is 19.9 Å². The zero-order valence-electron chi connectivity index (χ0n) is 14.2. The lowest BCUT2D eigenvalue weighted by Gasteiger charge is -2.20. The summed E-state index contributed by atoms with van der Waals surface area (Å²) < 4.78 is 12.6. The van der Waals surface area contributed by atoms with Crippen molar-refractivity contribution in [3.8, 4) is 17.2 Å². The second-order valence-corrected chi connectivity index (χ2v) is 6.26. The van der Waals surface area contributed by atoms with Gasteiger partial charge >= 0.3 is 5.97 Å². The smallest absolute Gasteiger partial charge is 0.326 e. The van der Waals surface area contributed by atoms with Crippen molar-refractivity contribution in [3.63, 3.8) is 0 Å². The van der Waals surface area contributed by atoms with Gasteiger partial charge in [-0.25, -0.2) is 9.48 Å². The van der Waals surface area contributed by atoms with Crippen LogP contribution >= 0.6 is 0 Å². The molecule has 136 valence electrons. The summed E-state index contributed by atoms with van der Waals surface area (Å²) >= 11 is 0. The summed E-state index contributed by atoms with van der Waals surface area (Å²) in [7, 11) is 0. The fraction of sp³-hybridized carbons (Fsp3) is 0.412. The van der Waals surface area contributed by atoms with E-state index in [1.165, 1.54) is 9.58 Å². The molecule has 1 saturated heterocycles. The van der Waals surface area contributed by atoms with E-state index >= 15 is 0 Å². The molecule has 3 heterocycles. The fourth-order valence-electron chi connectivity index (χ4n) is 3.34. The van der Waals surface area contributed by atoms with Crippen LogP contribution in [0.25, 0.3) is 5.69 Å². The summed E-state index contributed by atoms with van der Waals surface area (Å²) in [5.74, 6) is -0.124. The molecule has 1 aromatic heterocycles. The second kappa shape index (κ2) is 6.32. The van der Waals surface area contributed by atoms with Gasteiger partial charge in [-0.3, -0.25) is 4.79 Å². The molecule has 1 aromatic carbocycles. The number of aromatic nitrogens is 3. The molecule has 1 amide bonds. The molecule has 4 rings (SSSR count). The Bertz CT molecular complexity index is 878. The maximum atomic E-state index is 12.8. The molecule has 0 aliphatic carbocycles. The average Bonchev–Trinajstić information content (AvgIpc) is 3.28. The zero-order chi connectivity index (χ0) is 18.3. The number of aliphatic carboxylic acids is 1. The van der Waals surface area contributed by atoms with E-state index in [1.54, 1.807) is 25.1 Å². The maximum Gasteiger partial charge on any atom is 0.326 e. The monoisotopic (exact) mass is 358 g/mol. The van der Waals surface area contributed by atoms with Crippen LogP contribution in [0.15, 0.2) is 18.2 Å². The first kappa shape index (κ1) is 16.4. The average molecular weight is 358 g/mol. The van der Waals surface area contributed by atoms with Crippen molar-refractivity contribution in [3.05, 3.63) is 29.6 Å². The predicted molar refractivity (Wildman–Crippen MR) is 88.8 cm³/mol. The molecule has 26 heavy (non-hydrogen) atoms. The first-order chi connectivity index (χ1) is 12.6. The highest BCUT2D eigenvalue weighted by molar-refractivity contribution is 5.96. The predicted octanol–water partition coefficient (Wildman–Crippen LogP) is 1.04. The number of ether oxygens (including phenoxy) is 2. The van der Waals surface area contributed by atoms with Crippen LogP contribution in [0.2, 0.25) is 0 Å². The number of amides is 1. The lowest BCUT2D eigenvalue weighted by molar-refractivity contribution is -0.141. The van der Waals surface area contributed by atoms with Crippen molar-refractivity contribution >= 4 is 11.9 Å². The Kier molecular flexibility index (Phi) is 3.98. The van der Waals surface area contributed by atoms with E-state index in [1.807, 2.05) is 0 Å². The Balaban J connectivity index is 1.64. The van der Waals surface area contributed by atoms with Crippen molar-refractivity contribution in [2.45, 2.75) is 25.8 Å². The maximum absolute atomic E-state index is 12.8. The SMILES string of the molecule is Cc1c(C(=O)N2CCC[C@@H]2C(=O)O)nnn1-c1ccc2c(c1)OCCO2. The van der Waals surface area contributed by atoms with E-state index in [9.17, 15) is 14.7 Å². The number of carboxylic acids is 1. The van der Waals surface area contributed by atoms with Gasteiger partial charge in [0, 0.05) is 12.6 Å². The molecule has 0 saturated carbocycles. The Labute approximate surface area is 149 Å². The molecule has 1 atom stereocenters. The largest absolute Gasteiger partial charge is 0.486 e. The summed E-state index contributed by atoms with van der Waals surface area (Å²) in [6, 6.07) is 4.56.